The van der Waals surface area contributed by atoms with E-state index in [2.05, 4.69) is 68.7 Å². The Bertz CT molecular complexity index is 1450. The van der Waals surface area contributed by atoms with Crippen molar-refractivity contribution < 1.29 is 0 Å². The molecule has 6 aromatic rings. The number of fused-ring (bicyclic) bond motifs is 5. The molecular weight excluding hydrogens is 344 g/mol. The summed E-state index contributed by atoms with van der Waals surface area (Å²) in [6, 6.07) is 29.1. The van der Waals surface area contributed by atoms with Gasteiger partial charge in [-0.2, -0.15) is 0 Å². The number of rotatable bonds is 2. The van der Waals surface area contributed by atoms with Crippen molar-refractivity contribution in [3.05, 3.63) is 97.3 Å². The molecule has 0 aliphatic carbocycles. The number of benzene rings is 2. The fraction of sp³-hybridized carbons (Fsp3) is 0. The summed E-state index contributed by atoms with van der Waals surface area (Å²) in [5.41, 5.74) is 7.36. The van der Waals surface area contributed by atoms with Crippen LogP contribution in [0, 0.1) is 0 Å². The Morgan fingerprint density at radius 1 is 0.750 bits per heavy atom. The van der Waals surface area contributed by atoms with Crippen LogP contribution in [0.25, 0.3) is 44.7 Å². The third-order valence-electron chi connectivity index (χ3n) is 5.18. The molecule has 4 heteroatoms. The Balaban J connectivity index is 1.72. The van der Waals surface area contributed by atoms with Crippen molar-refractivity contribution in [1.82, 2.24) is 18.9 Å². The third-order valence-corrected chi connectivity index (χ3v) is 5.18. The third kappa shape index (κ3) is 2.12. The number of aromatic nitrogens is 4. The molecule has 0 N–H and O–H groups in total. The maximum absolute atomic E-state index is 4.90. The summed E-state index contributed by atoms with van der Waals surface area (Å²) in [6.45, 7) is 0. The van der Waals surface area contributed by atoms with Crippen molar-refractivity contribution in [3.63, 3.8) is 0 Å². The Morgan fingerprint density at radius 2 is 1.64 bits per heavy atom. The molecule has 4 aromatic heterocycles. The molecule has 6 rings (SSSR count). The van der Waals surface area contributed by atoms with Crippen molar-refractivity contribution in [3.8, 4) is 16.9 Å². The lowest BCUT2D eigenvalue weighted by Crippen LogP contribution is -1.97. The van der Waals surface area contributed by atoms with Gasteiger partial charge in [0.2, 0.25) is 0 Å². The first-order valence-corrected chi connectivity index (χ1v) is 9.28. The molecule has 0 saturated heterocycles. The Hall–Kier alpha value is -3.92. The number of hydrogen-bond acceptors (Lipinski definition) is 2. The highest BCUT2D eigenvalue weighted by molar-refractivity contribution is 6.07. The predicted molar refractivity (Wildman–Crippen MR) is 113 cm³/mol. The van der Waals surface area contributed by atoms with Gasteiger partial charge in [-0.15, -0.1) is 0 Å². The SMILES string of the molecule is c1ccc(-c2cccc(-n3c4ccccc4c4nc5ccccn5c43)c2)nc1. The predicted octanol–water partition coefficient (Wildman–Crippen LogP) is 5.49. The van der Waals surface area contributed by atoms with E-state index in [9.17, 15) is 0 Å². The van der Waals surface area contributed by atoms with E-state index < -0.39 is 0 Å². The van der Waals surface area contributed by atoms with Crippen LogP contribution >= 0.6 is 0 Å². The molecule has 0 amide bonds. The van der Waals surface area contributed by atoms with E-state index in [1.807, 2.05) is 42.6 Å². The summed E-state index contributed by atoms with van der Waals surface area (Å²) < 4.78 is 4.44. The first-order valence-electron chi connectivity index (χ1n) is 9.28. The van der Waals surface area contributed by atoms with Gasteiger partial charge in [0.25, 0.3) is 0 Å². The van der Waals surface area contributed by atoms with Crippen LogP contribution in [0.3, 0.4) is 0 Å². The monoisotopic (exact) mass is 360 g/mol. The van der Waals surface area contributed by atoms with Crippen molar-refractivity contribution in [2.45, 2.75) is 0 Å². The second-order valence-corrected chi connectivity index (χ2v) is 6.83. The highest BCUT2D eigenvalue weighted by Gasteiger charge is 2.17. The van der Waals surface area contributed by atoms with Crippen LogP contribution in [-0.2, 0) is 0 Å². The van der Waals surface area contributed by atoms with Crippen molar-refractivity contribution >= 4 is 27.7 Å². The van der Waals surface area contributed by atoms with Gasteiger partial charge in [-0.1, -0.05) is 42.5 Å². The summed E-state index contributed by atoms with van der Waals surface area (Å²) >= 11 is 0. The van der Waals surface area contributed by atoms with E-state index in [-0.39, 0.29) is 0 Å². The van der Waals surface area contributed by atoms with Gasteiger partial charge < -0.3 is 0 Å². The average Bonchev–Trinajstić information content (AvgIpc) is 3.29. The summed E-state index contributed by atoms with van der Waals surface area (Å²) in [5, 5.41) is 1.16. The smallest absolute Gasteiger partial charge is 0.150 e. The molecule has 0 spiro atoms. The van der Waals surface area contributed by atoms with Crippen LogP contribution in [0.2, 0.25) is 0 Å². The molecule has 132 valence electrons. The highest BCUT2D eigenvalue weighted by Crippen LogP contribution is 2.33. The van der Waals surface area contributed by atoms with Gasteiger partial charge in [0.1, 0.15) is 11.2 Å². The average molecular weight is 360 g/mol. The van der Waals surface area contributed by atoms with Crippen molar-refractivity contribution in [1.29, 1.82) is 0 Å². The maximum atomic E-state index is 4.90. The first kappa shape index (κ1) is 15.2. The largest absolute Gasteiger partial charge is 0.294 e. The van der Waals surface area contributed by atoms with E-state index in [0.29, 0.717) is 0 Å². The van der Waals surface area contributed by atoms with Gasteiger partial charge in [-0.25, -0.2) is 4.98 Å². The van der Waals surface area contributed by atoms with Crippen molar-refractivity contribution in [2.24, 2.45) is 0 Å². The quantitative estimate of drug-likeness (QED) is 0.409. The molecule has 0 radical (unpaired) electrons. The minimum absolute atomic E-state index is 0.952. The Labute approximate surface area is 161 Å². The molecule has 0 fully saturated rings. The molecule has 0 unspecified atom stereocenters. The molecule has 0 saturated carbocycles. The molecule has 0 aliphatic rings. The number of para-hydroxylation sites is 1. The standard InChI is InChI=1S/C24H16N4/c1-2-12-21-19(10-1)23-24(27-15-6-4-13-22(27)26-23)28(21)18-9-7-8-17(16-18)20-11-3-5-14-25-20/h1-16H. The van der Waals surface area contributed by atoms with E-state index >= 15 is 0 Å². The lowest BCUT2D eigenvalue weighted by atomic mass is 10.1. The first-order chi connectivity index (χ1) is 13.9. The maximum Gasteiger partial charge on any atom is 0.150 e. The summed E-state index contributed by atoms with van der Waals surface area (Å²) in [5.74, 6) is 0. The Kier molecular flexibility index (Phi) is 3.14. The van der Waals surface area contributed by atoms with Gasteiger partial charge in [0.15, 0.2) is 5.65 Å². The van der Waals surface area contributed by atoms with E-state index in [1.165, 1.54) is 0 Å². The van der Waals surface area contributed by atoms with Gasteiger partial charge in [-0.3, -0.25) is 14.0 Å². The zero-order valence-corrected chi connectivity index (χ0v) is 15.0. The van der Waals surface area contributed by atoms with Gasteiger partial charge in [0.05, 0.1) is 11.2 Å². The van der Waals surface area contributed by atoms with E-state index in [4.69, 9.17) is 4.98 Å². The minimum Gasteiger partial charge on any atom is -0.294 e. The zero-order valence-electron chi connectivity index (χ0n) is 15.0. The van der Waals surface area contributed by atoms with E-state index in [0.717, 1.165) is 44.7 Å². The second kappa shape index (κ2) is 5.79. The highest BCUT2D eigenvalue weighted by atomic mass is 15.1. The van der Waals surface area contributed by atoms with Crippen LogP contribution in [0.5, 0.6) is 0 Å². The number of nitrogens with zero attached hydrogens (tertiary/aromatic N) is 4. The van der Waals surface area contributed by atoms with Gasteiger partial charge in [0, 0.05) is 29.0 Å². The zero-order chi connectivity index (χ0) is 18.5. The van der Waals surface area contributed by atoms with Gasteiger partial charge in [-0.05, 0) is 42.5 Å². The molecule has 4 nitrogen and oxygen atoms in total. The van der Waals surface area contributed by atoms with Gasteiger partial charge >= 0.3 is 0 Å². The molecule has 4 heterocycles. The molecular formula is C24H16N4. The fourth-order valence-electron chi connectivity index (χ4n) is 3.96. The minimum atomic E-state index is 0.952. The lowest BCUT2D eigenvalue weighted by Gasteiger charge is -2.10. The van der Waals surface area contributed by atoms with Crippen LogP contribution in [0.15, 0.2) is 97.3 Å². The fourth-order valence-corrected chi connectivity index (χ4v) is 3.96. The number of imidazole rings is 1. The Morgan fingerprint density at radius 3 is 2.57 bits per heavy atom. The molecule has 2 aromatic carbocycles. The molecule has 0 bridgehead atoms. The normalized spacial score (nSPS) is 11.6. The number of hydrogen-bond donors (Lipinski definition) is 0. The van der Waals surface area contributed by atoms with Crippen LogP contribution in [0.1, 0.15) is 0 Å². The molecule has 0 atom stereocenters. The number of pyridine rings is 2. The summed E-state index contributed by atoms with van der Waals surface area (Å²) in [4.78, 5) is 9.41. The lowest BCUT2D eigenvalue weighted by molar-refractivity contribution is 1.09. The topological polar surface area (TPSA) is 35.1 Å². The molecule has 28 heavy (non-hydrogen) atoms. The van der Waals surface area contributed by atoms with E-state index in [1.54, 1.807) is 0 Å². The van der Waals surface area contributed by atoms with Crippen LogP contribution in [0.4, 0.5) is 0 Å². The summed E-state index contributed by atoms with van der Waals surface area (Å²) in [6.07, 6.45) is 3.90. The van der Waals surface area contributed by atoms with Crippen LogP contribution in [-0.4, -0.2) is 18.9 Å². The van der Waals surface area contributed by atoms with Crippen LogP contribution < -0.4 is 0 Å². The molecule has 0 aliphatic heterocycles. The second-order valence-electron chi connectivity index (χ2n) is 6.83. The summed E-state index contributed by atoms with van der Waals surface area (Å²) in [7, 11) is 0. The van der Waals surface area contributed by atoms with Crippen molar-refractivity contribution in [2.75, 3.05) is 0 Å².